The Morgan fingerprint density at radius 2 is 2.00 bits per heavy atom. The van der Waals surface area contributed by atoms with Crippen LogP contribution in [0.4, 0.5) is 21.8 Å². The van der Waals surface area contributed by atoms with Crippen molar-refractivity contribution in [2.45, 2.75) is 39.0 Å². The van der Waals surface area contributed by atoms with E-state index in [0.29, 0.717) is 17.5 Å². The molecule has 1 aliphatic rings. The Balaban J connectivity index is 1.53. The van der Waals surface area contributed by atoms with E-state index in [1.165, 1.54) is 6.07 Å². The molecule has 2 N–H and O–H groups in total. The van der Waals surface area contributed by atoms with Crippen molar-refractivity contribution in [3.8, 4) is 0 Å². The van der Waals surface area contributed by atoms with E-state index in [-0.39, 0.29) is 17.6 Å². The van der Waals surface area contributed by atoms with Crippen molar-refractivity contribution >= 4 is 23.4 Å². The average molecular weight is 385 g/mol. The molecule has 1 fully saturated rings. The van der Waals surface area contributed by atoms with E-state index in [1.54, 1.807) is 30.5 Å². The zero-order valence-electron chi connectivity index (χ0n) is 16.3. The van der Waals surface area contributed by atoms with E-state index < -0.39 is 0 Å². The fourth-order valence-electron chi connectivity index (χ4n) is 3.34. The lowest BCUT2D eigenvalue weighted by Gasteiger charge is -2.31. The second kappa shape index (κ2) is 10.0. The Morgan fingerprint density at radius 1 is 1.21 bits per heavy atom. The lowest BCUT2D eigenvalue weighted by atomic mass is 9.96. The second-order valence-electron chi connectivity index (χ2n) is 7.11. The van der Waals surface area contributed by atoms with Crippen molar-refractivity contribution in [3.63, 3.8) is 0 Å². The highest BCUT2D eigenvalue weighted by atomic mass is 19.1. The topological polar surface area (TPSA) is 70.2 Å². The highest BCUT2D eigenvalue weighted by Crippen LogP contribution is 2.23. The Labute approximate surface area is 165 Å². The highest BCUT2D eigenvalue weighted by molar-refractivity contribution is 5.78. The van der Waals surface area contributed by atoms with Crippen LogP contribution in [-0.2, 0) is 4.79 Å². The minimum atomic E-state index is -0.326. The van der Waals surface area contributed by atoms with Gasteiger partial charge in [-0.1, -0.05) is 31.9 Å². The van der Waals surface area contributed by atoms with E-state index in [2.05, 4.69) is 32.4 Å². The van der Waals surface area contributed by atoms with Crippen LogP contribution in [0.3, 0.4) is 0 Å². The lowest BCUT2D eigenvalue weighted by Crippen LogP contribution is -2.41. The number of rotatable bonds is 8. The number of unbranched alkanes of at least 4 members (excludes halogenated alkanes) is 2. The Kier molecular flexibility index (Phi) is 7.17. The molecule has 1 saturated heterocycles. The minimum absolute atomic E-state index is 0.0533. The van der Waals surface area contributed by atoms with Crippen LogP contribution in [0.2, 0.25) is 0 Å². The van der Waals surface area contributed by atoms with E-state index in [0.717, 1.165) is 51.7 Å². The number of carbonyl (C=O) groups is 1. The molecule has 1 aromatic carbocycles. The van der Waals surface area contributed by atoms with Gasteiger partial charge in [-0.15, -0.1) is 0 Å². The van der Waals surface area contributed by atoms with Gasteiger partial charge in [0.15, 0.2) is 0 Å². The fourth-order valence-corrected chi connectivity index (χ4v) is 3.34. The summed E-state index contributed by atoms with van der Waals surface area (Å²) in [7, 11) is 0. The Hall–Kier alpha value is -2.70. The zero-order valence-corrected chi connectivity index (χ0v) is 16.3. The molecule has 1 aliphatic heterocycles. The largest absolute Gasteiger partial charge is 0.356 e. The number of halogens is 1. The van der Waals surface area contributed by atoms with Crippen LogP contribution in [0.15, 0.2) is 36.5 Å². The van der Waals surface area contributed by atoms with Gasteiger partial charge in [0.05, 0.1) is 5.69 Å². The summed E-state index contributed by atoms with van der Waals surface area (Å²) >= 11 is 0. The third-order valence-electron chi connectivity index (χ3n) is 5.01. The summed E-state index contributed by atoms with van der Waals surface area (Å²) in [5.41, 5.74) is 0.380. The van der Waals surface area contributed by atoms with Crippen molar-refractivity contribution < 1.29 is 9.18 Å². The van der Waals surface area contributed by atoms with Crippen molar-refractivity contribution in [1.29, 1.82) is 0 Å². The number of hydrogen-bond acceptors (Lipinski definition) is 5. The van der Waals surface area contributed by atoms with Gasteiger partial charge in [-0.3, -0.25) is 4.79 Å². The fraction of sp³-hybridized carbons (Fsp3) is 0.476. The molecule has 0 atom stereocenters. The van der Waals surface area contributed by atoms with Gasteiger partial charge in [0.2, 0.25) is 11.9 Å². The van der Waals surface area contributed by atoms with Crippen molar-refractivity contribution in [2.24, 2.45) is 5.92 Å². The maximum atomic E-state index is 13.8. The van der Waals surface area contributed by atoms with Crippen LogP contribution >= 0.6 is 0 Å². The first-order valence-corrected chi connectivity index (χ1v) is 10.0. The van der Waals surface area contributed by atoms with Gasteiger partial charge in [0.1, 0.15) is 11.6 Å². The normalized spacial score (nSPS) is 14.7. The quantitative estimate of drug-likeness (QED) is 0.675. The van der Waals surface area contributed by atoms with Gasteiger partial charge >= 0.3 is 0 Å². The first-order chi connectivity index (χ1) is 13.7. The molecule has 0 bridgehead atoms. The molecule has 0 saturated carbocycles. The van der Waals surface area contributed by atoms with E-state index in [4.69, 9.17) is 0 Å². The van der Waals surface area contributed by atoms with Crippen molar-refractivity contribution in [3.05, 3.63) is 42.3 Å². The lowest BCUT2D eigenvalue weighted by molar-refractivity contribution is -0.125. The van der Waals surface area contributed by atoms with E-state index in [9.17, 15) is 9.18 Å². The first kappa shape index (κ1) is 20.0. The molecule has 0 unspecified atom stereocenters. The molecule has 6 nitrogen and oxygen atoms in total. The summed E-state index contributed by atoms with van der Waals surface area (Å²) in [5, 5.41) is 6.04. The molecular formula is C21H28FN5O. The Morgan fingerprint density at radius 3 is 2.75 bits per heavy atom. The number of aromatic nitrogens is 2. The summed E-state index contributed by atoms with van der Waals surface area (Å²) in [6, 6.07) is 8.21. The summed E-state index contributed by atoms with van der Waals surface area (Å²) in [6.45, 7) is 4.38. The number of hydrogen-bond donors (Lipinski definition) is 2. The molecule has 28 heavy (non-hydrogen) atoms. The summed E-state index contributed by atoms with van der Waals surface area (Å²) < 4.78 is 13.8. The number of anilines is 3. The third kappa shape index (κ3) is 5.41. The van der Waals surface area contributed by atoms with Crippen LogP contribution in [0.1, 0.15) is 39.0 Å². The maximum Gasteiger partial charge on any atom is 0.227 e. The standard InChI is InChI=1S/C21H28FN5O/c1-2-3-6-12-23-20(28)16-10-14-27(15-11-16)21-24-13-9-19(26-21)25-18-8-5-4-7-17(18)22/h4-5,7-9,13,16H,2-3,6,10-12,14-15H2,1H3,(H,23,28)(H,24,25,26). The monoisotopic (exact) mass is 385 g/mol. The number of carbonyl (C=O) groups excluding carboxylic acids is 1. The number of amides is 1. The molecular weight excluding hydrogens is 357 g/mol. The number of nitrogens with zero attached hydrogens (tertiary/aromatic N) is 3. The Bertz CT molecular complexity index is 777. The smallest absolute Gasteiger partial charge is 0.227 e. The van der Waals surface area contributed by atoms with Crippen LogP contribution in [0, 0.1) is 11.7 Å². The summed E-state index contributed by atoms with van der Waals surface area (Å²) in [5.74, 6) is 1.03. The van der Waals surface area contributed by atoms with Crippen molar-refractivity contribution in [2.75, 3.05) is 29.9 Å². The molecule has 2 heterocycles. The first-order valence-electron chi connectivity index (χ1n) is 10.0. The van der Waals surface area contributed by atoms with Gasteiger partial charge < -0.3 is 15.5 Å². The van der Waals surface area contributed by atoms with Gasteiger partial charge in [0, 0.05) is 31.7 Å². The second-order valence-corrected chi connectivity index (χ2v) is 7.11. The summed E-state index contributed by atoms with van der Waals surface area (Å²) in [6.07, 6.45) is 6.57. The molecule has 3 rings (SSSR count). The molecule has 1 aromatic heterocycles. The van der Waals surface area contributed by atoms with Gasteiger partial charge in [-0.2, -0.15) is 4.98 Å². The molecule has 0 spiro atoms. The van der Waals surface area contributed by atoms with Crippen LogP contribution < -0.4 is 15.5 Å². The number of nitrogens with one attached hydrogen (secondary N) is 2. The third-order valence-corrected chi connectivity index (χ3v) is 5.01. The highest BCUT2D eigenvalue weighted by Gasteiger charge is 2.26. The average Bonchev–Trinajstić information content (AvgIpc) is 2.73. The number of para-hydroxylation sites is 1. The van der Waals surface area contributed by atoms with Crippen LogP contribution in [0.5, 0.6) is 0 Å². The molecule has 0 aliphatic carbocycles. The maximum absolute atomic E-state index is 13.8. The van der Waals surface area contributed by atoms with Crippen molar-refractivity contribution in [1.82, 2.24) is 15.3 Å². The van der Waals surface area contributed by atoms with Gasteiger partial charge in [-0.25, -0.2) is 9.37 Å². The predicted octanol–water partition coefficient (Wildman–Crippen LogP) is 3.88. The molecule has 150 valence electrons. The van der Waals surface area contributed by atoms with E-state index in [1.807, 2.05) is 0 Å². The SMILES string of the molecule is CCCCCNC(=O)C1CCN(c2nccc(Nc3ccccc3F)n2)CC1. The molecule has 1 amide bonds. The van der Waals surface area contributed by atoms with E-state index >= 15 is 0 Å². The molecule has 0 radical (unpaired) electrons. The predicted molar refractivity (Wildman–Crippen MR) is 109 cm³/mol. The summed E-state index contributed by atoms with van der Waals surface area (Å²) in [4.78, 5) is 23.2. The van der Waals surface area contributed by atoms with Gasteiger partial charge in [0.25, 0.3) is 0 Å². The van der Waals surface area contributed by atoms with Crippen LogP contribution in [0.25, 0.3) is 0 Å². The minimum Gasteiger partial charge on any atom is -0.356 e. The van der Waals surface area contributed by atoms with Crippen LogP contribution in [-0.4, -0.2) is 35.5 Å². The number of piperidine rings is 1. The zero-order chi connectivity index (χ0) is 19.8. The molecule has 7 heteroatoms. The van der Waals surface area contributed by atoms with Gasteiger partial charge in [-0.05, 0) is 37.5 Å². The molecule has 2 aromatic rings. The number of benzene rings is 1.